The maximum Gasteiger partial charge on any atom is 0.274 e. The number of nitrogens with one attached hydrogen (secondary N) is 2. The summed E-state index contributed by atoms with van der Waals surface area (Å²) in [6, 6.07) is 17.3. The highest BCUT2D eigenvalue weighted by molar-refractivity contribution is 6.06. The van der Waals surface area contributed by atoms with Crippen LogP contribution in [0.15, 0.2) is 60.7 Å². The van der Waals surface area contributed by atoms with Gasteiger partial charge in [-0.2, -0.15) is 0 Å². The van der Waals surface area contributed by atoms with Crippen LogP contribution in [0.3, 0.4) is 0 Å². The summed E-state index contributed by atoms with van der Waals surface area (Å²) in [4.78, 5) is 29.1. The largest absolute Gasteiger partial charge is 0.454 e. The van der Waals surface area contributed by atoms with Crippen LogP contribution in [0, 0.1) is 6.92 Å². The smallest absolute Gasteiger partial charge is 0.274 e. The zero-order valence-electron chi connectivity index (χ0n) is 15.1. The van der Waals surface area contributed by atoms with Crippen molar-refractivity contribution in [2.75, 3.05) is 17.4 Å². The highest BCUT2D eigenvalue weighted by atomic mass is 16.7. The van der Waals surface area contributed by atoms with Gasteiger partial charge in [0.25, 0.3) is 11.8 Å². The zero-order valence-corrected chi connectivity index (χ0v) is 15.1. The lowest BCUT2D eigenvalue weighted by atomic mass is 10.2. The van der Waals surface area contributed by atoms with Crippen molar-refractivity contribution < 1.29 is 19.1 Å². The minimum atomic E-state index is -0.427. The Morgan fingerprint density at radius 1 is 0.821 bits per heavy atom. The Morgan fingerprint density at radius 3 is 2.18 bits per heavy atom. The summed E-state index contributed by atoms with van der Waals surface area (Å²) < 4.78 is 10.5. The first kappa shape index (κ1) is 17.5. The van der Waals surface area contributed by atoms with Crippen LogP contribution in [0.25, 0.3) is 0 Å². The van der Waals surface area contributed by atoms with E-state index in [0.29, 0.717) is 22.9 Å². The van der Waals surface area contributed by atoms with E-state index in [-0.39, 0.29) is 24.1 Å². The van der Waals surface area contributed by atoms with Crippen molar-refractivity contribution in [3.05, 3.63) is 77.6 Å². The molecule has 2 amide bonds. The number of hydrogen-bond donors (Lipinski definition) is 2. The third-order valence-electron chi connectivity index (χ3n) is 4.12. The summed E-state index contributed by atoms with van der Waals surface area (Å²) in [6.45, 7) is 2.10. The predicted octanol–water partition coefficient (Wildman–Crippen LogP) is 3.62. The van der Waals surface area contributed by atoms with Gasteiger partial charge in [0.2, 0.25) is 6.79 Å². The number of nitrogens with zero attached hydrogens (tertiary/aromatic N) is 1. The van der Waals surface area contributed by atoms with Crippen LogP contribution in [0.5, 0.6) is 11.5 Å². The van der Waals surface area contributed by atoms with E-state index in [1.807, 2.05) is 25.1 Å². The molecule has 2 aromatic carbocycles. The van der Waals surface area contributed by atoms with Crippen LogP contribution in [0.4, 0.5) is 11.4 Å². The summed E-state index contributed by atoms with van der Waals surface area (Å²) in [6.07, 6.45) is 0. The first-order valence-electron chi connectivity index (χ1n) is 8.64. The number of amides is 2. The summed E-state index contributed by atoms with van der Waals surface area (Å²) in [5, 5.41) is 5.52. The fourth-order valence-corrected chi connectivity index (χ4v) is 2.78. The first-order chi connectivity index (χ1) is 13.6. The van der Waals surface area contributed by atoms with Crippen molar-refractivity contribution in [2.45, 2.75) is 6.92 Å². The number of carbonyl (C=O) groups is 2. The lowest BCUT2D eigenvalue weighted by Crippen LogP contribution is -2.18. The van der Waals surface area contributed by atoms with Gasteiger partial charge in [-0.05, 0) is 48.9 Å². The van der Waals surface area contributed by atoms with E-state index in [2.05, 4.69) is 15.6 Å². The van der Waals surface area contributed by atoms with Gasteiger partial charge in [-0.15, -0.1) is 0 Å². The van der Waals surface area contributed by atoms with E-state index in [0.717, 1.165) is 5.56 Å². The molecule has 0 radical (unpaired) electrons. The highest BCUT2D eigenvalue weighted by Gasteiger charge is 2.16. The average molecular weight is 375 g/mol. The Balaban J connectivity index is 1.48. The van der Waals surface area contributed by atoms with E-state index in [1.54, 1.807) is 42.5 Å². The van der Waals surface area contributed by atoms with Gasteiger partial charge in [-0.3, -0.25) is 9.59 Å². The average Bonchev–Trinajstić information content (AvgIpc) is 3.16. The van der Waals surface area contributed by atoms with E-state index in [9.17, 15) is 9.59 Å². The molecule has 2 N–H and O–H groups in total. The monoisotopic (exact) mass is 375 g/mol. The van der Waals surface area contributed by atoms with Crippen LogP contribution >= 0.6 is 0 Å². The number of aryl methyl sites for hydroxylation is 1. The van der Waals surface area contributed by atoms with E-state index >= 15 is 0 Å². The van der Waals surface area contributed by atoms with Crippen LogP contribution in [-0.4, -0.2) is 23.6 Å². The first-order valence-corrected chi connectivity index (χ1v) is 8.64. The summed E-state index contributed by atoms with van der Waals surface area (Å²) in [5.41, 5.74) is 2.53. The number of anilines is 2. The molecule has 0 saturated heterocycles. The SMILES string of the molecule is Cc1cccc(NC(=O)c2cccc(C(=O)Nc3ccc4c(c3)OCO4)n2)c1. The number of carbonyl (C=O) groups excluding carboxylic acids is 2. The molecule has 7 heteroatoms. The van der Waals surface area contributed by atoms with Crippen molar-refractivity contribution in [3.63, 3.8) is 0 Å². The second kappa shape index (κ2) is 7.40. The van der Waals surface area contributed by atoms with Gasteiger partial charge >= 0.3 is 0 Å². The lowest BCUT2D eigenvalue weighted by molar-refractivity contribution is 0.101. The number of fused-ring (bicyclic) bond motifs is 1. The Morgan fingerprint density at radius 2 is 1.46 bits per heavy atom. The van der Waals surface area contributed by atoms with Gasteiger partial charge in [-0.25, -0.2) is 4.98 Å². The molecule has 28 heavy (non-hydrogen) atoms. The molecule has 0 fully saturated rings. The highest BCUT2D eigenvalue weighted by Crippen LogP contribution is 2.34. The van der Waals surface area contributed by atoms with Crippen LogP contribution in [-0.2, 0) is 0 Å². The number of pyridine rings is 1. The van der Waals surface area contributed by atoms with Crippen molar-refractivity contribution in [3.8, 4) is 11.5 Å². The summed E-state index contributed by atoms with van der Waals surface area (Å²) in [7, 11) is 0. The molecule has 3 aromatic rings. The Kier molecular flexibility index (Phi) is 4.63. The molecule has 1 aromatic heterocycles. The molecule has 2 heterocycles. The molecule has 0 spiro atoms. The topological polar surface area (TPSA) is 89.6 Å². The van der Waals surface area contributed by atoms with Crippen molar-refractivity contribution in [1.82, 2.24) is 4.98 Å². The number of ether oxygens (including phenoxy) is 2. The van der Waals surface area contributed by atoms with E-state index in [4.69, 9.17) is 9.47 Å². The molecule has 0 atom stereocenters. The fraction of sp³-hybridized carbons (Fsp3) is 0.0952. The minimum absolute atomic E-state index is 0.134. The Hall–Kier alpha value is -3.87. The summed E-state index contributed by atoms with van der Waals surface area (Å²) >= 11 is 0. The molecule has 1 aliphatic rings. The standard InChI is InChI=1S/C21H17N3O4/c1-13-4-2-5-14(10-13)22-20(25)16-6-3-7-17(24-16)21(26)23-15-8-9-18-19(11-15)28-12-27-18/h2-11H,12H2,1H3,(H,22,25)(H,23,26). The fourth-order valence-electron chi connectivity index (χ4n) is 2.78. The molecule has 140 valence electrons. The minimum Gasteiger partial charge on any atom is -0.454 e. The van der Waals surface area contributed by atoms with Gasteiger partial charge < -0.3 is 20.1 Å². The maximum atomic E-state index is 12.5. The van der Waals surface area contributed by atoms with Crippen LogP contribution in [0.1, 0.15) is 26.5 Å². The molecule has 1 aliphatic heterocycles. The third kappa shape index (κ3) is 3.78. The second-order valence-corrected chi connectivity index (χ2v) is 6.25. The van der Waals surface area contributed by atoms with Gasteiger partial charge in [0, 0.05) is 17.4 Å². The summed E-state index contributed by atoms with van der Waals surface area (Å²) in [5.74, 6) is 0.385. The normalized spacial score (nSPS) is 11.8. The second-order valence-electron chi connectivity index (χ2n) is 6.25. The van der Waals surface area contributed by atoms with Crippen molar-refractivity contribution >= 4 is 23.2 Å². The number of benzene rings is 2. The Bertz CT molecular complexity index is 1070. The number of hydrogen-bond acceptors (Lipinski definition) is 5. The van der Waals surface area contributed by atoms with E-state index < -0.39 is 5.91 Å². The molecule has 0 unspecified atom stereocenters. The molecule has 0 bridgehead atoms. The predicted molar refractivity (Wildman–Crippen MR) is 104 cm³/mol. The number of rotatable bonds is 4. The van der Waals surface area contributed by atoms with Crippen LogP contribution < -0.4 is 20.1 Å². The van der Waals surface area contributed by atoms with Gasteiger partial charge in [-0.1, -0.05) is 18.2 Å². The van der Waals surface area contributed by atoms with Crippen molar-refractivity contribution in [1.29, 1.82) is 0 Å². The zero-order chi connectivity index (χ0) is 19.5. The third-order valence-corrected chi connectivity index (χ3v) is 4.12. The van der Waals surface area contributed by atoms with Gasteiger partial charge in [0.1, 0.15) is 11.4 Å². The van der Waals surface area contributed by atoms with Gasteiger partial charge in [0.05, 0.1) is 0 Å². The molecular formula is C21H17N3O4. The molecule has 4 rings (SSSR count). The quantitative estimate of drug-likeness (QED) is 0.727. The van der Waals surface area contributed by atoms with Crippen molar-refractivity contribution in [2.24, 2.45) is 0 Å². The van der Waals surface area contributed by atoms with E-state index in [1.165, 1.54) is 0 Å². The molecule has 7 nitrogen and oxygen atoms in total. The molecule has 0 saturated carbocycles. The molecule has 0 aliphatic carbocycles. The maximum absolute atomic E-state index is 12.5. The number of aromatic nitrogens is 1. The van der Waals surface area contributed by atoms with Gasteiger partial charge in [0.15, 0.2) is 11.5 Å². The Labute approximate surface area is 161 Å². The van der Waals surface area contributed by atoms with Crippen LogP contribution in [0.2, 0.25) is 0 Å². The lowest BCUT2D eigenvalue weighted by Gasteiger charge is -2.08. The molecular weight excluding hydrogens is 358 g/mol.